The minimum atomic E-state index is -0.157. The first-order chi connectivity index (χ1) is 10.8. The predicted octanol–water partition coefficient (Wildman–Crippen LogP) is 2.64. The van der Waals surface area contributed by atoms with Crippen LogP contribution in [0.25, 0.3) is 5.78 Å². The highest BCUT2D eigenvalue weighted by Gasteiger charge is 2.10. The second-order valence-corrected chi connectivity index (χ2v) is 5.89. The molecule has 0 unspecified atom stereocenters. The third-order valence-electron chi connectivity index (χ3n) is 3.09. The van der Waals surface area contributed by atoms with E-state index in [0.717, 1.165) is 12.2 Å². The summed E-state index contributed by atoms with van der Waals surface area (Å²) in [4.78, 5) is 21.6. The summed E-state index contributed by atoms with van der Waals surface area (Å²) in [5.74, 6) is 1.35. The first-order valence-corrected chi connectivity index (χ1v) is 8.07. The van der Waals surface area contributed by atoms with Crippen molar-refractivity contribution in [2.24, 2.45) is 0 Å². The van der Waals surface area contributed by atoms with Crippen molar-refractivity contribution in [2.45, 2.75) is 11.3 Å². The monoisotopic (exact) mass is 312 g/mol. The summed E-state index contributed by atoms with van der Waals surface area (Å²) in [6.07, 6.45) is 6.08. The van der Waals surface area contributed by atoms with Crippen LogP contribution in [0.4, 0.5) is 0 Å². The Balaban J connectivity index is 1.44. The van der Waals surface area contributed by atoms with E-state index in [4.69, 9.17) is 0 Å². The maximum Gasteiger partial charge on any atom is 0.271 e. The zero-order valence-corrected chi connectivity index (χ0v) is 12.8. The van der Waals surface area contributed by atoms with E-state index >= 15 is 0 Å². The maximum absolute atomic E-state index is 12.0. The molecule has 1 aromatic carbocycles. The second-order valence-electron chi connectivity index (χ2n) is 4.72. The molecule has 1 amide bonds. The first kappa shape index (κ1) is 14.6. The Morgan fingerprint density at radius 1 is 1.23 bits per heavy atom. The first-order valence-electron chi connectivity index (χ1n) is 7.09. The van der Waals surface area contributed by atoms with E-state index in [1.54, 1.807) is 34.6 Å². The third kappa shape index (κ3) is 3.65. The molecule has 0 aliphatic heterocycles. The highest BCUT2D eigenvalue weighted by Crippen LogP contribution is 2.17. The molecule has 0 spiro atoms. The number of nitrogens with zero attached hydrogens (tertiary/aromatic N) is 3. The molecule has 2 aromatic heterocycles. The number of imidazole rings is 1. The van der Waals surface area contributed by atoms with Gasteiger partial charge in [-0.05, 0) is 30.4 Å². The number of hydrogen-bond donors (Lipinski definition) is 1. The minimum absolute atomic E-state index is 0.157. The van der Waals surface area contributed by atoms with Gasteiger partial charge in [0, 0.05) is 30.0 Å². The fraction of sp³-hybridized carbons (Fsp3) is 0.188. The normalized spacial score (nSPS) is 10.7. The molecular weight excluding hydrogens is 296 g/mol. The molecule has 0 saturated carbocycles. The quantitative estimate of drug-likeness (QED) is 0.561. The molecule has 3 rings (SSSR count). The number of nitrogens with one attached hydrogen (secondary N) is 1. The van der Waals surface area contributed by atoms with Gasteiger partial charge in [0.25, 0.3) is 5.91 Å². The molecule has 0 aliphatic rings. The fourth-order valence-electron chi connectivity index (χ4n) is 2.01. The van der Waals surface area contributed by atoms with E-state index < -0.39 is 0 Å². The van der Waals surface area contributed by atoms with Gasteiger partial charge in [0.1, 0.15) is 5.69 Å². The molecule has 0 radical (unpaired) electrons. The number of benzene rings is 1. The van der Waals surface area contributed by atoms with Crippen molar-refractivity contribution in [3.8, 4) is 0 Å². The van der Waals surface area contributed by atoms with Gasteiger partial charge in [-0.2, -0.15) is 0 Å². The van der Waals surface area contributed by atoms with Crippen molar-refractivity contribution in [3.05, 3.63) is 60.7 Å². The molecule has 3 aromatic rings. The lowest BCUT2D eigenvalue weighted by Gasteiger charge is -2.03. The summed E-state index contributed by atoms with van der Waals surface area (Å²) in [5.41, 5.74) is 0.398. The molecule has 0 aliphatic carbocycles. The average molecular weight is 312 g/mol. The summed E-state index contributed by atoms with van der Waals surface area (Å²) in [6.45, 7) is 0.639. The highest BCUT2D eigenvalue weighted by molar-refractivity contribution is 7.99. The van der Waals surface area contributed by atoms with Gasteiger partial charge >= 0.3 is 0 Å². The van der Waals surface area contributed by atoms with Crippen molar-refractivity contribution in [2.75, 3.05) is 12.3 Å². The van der Waals surface area contributed by atoms with Crippen LogP contribution in [0.15, 0.2) is 59.9 Å². The molecule has 22 heavy (non-hydrogen) atoms. The Morgan fingerprint density at radius 3 is 2.91 bits per heavy atom. The van der Waals surface area contributed by atoms with Crippen molar-refractivity contribution in [1.82, 2.24) is 19.7 Å². The zero-order chi connectivity index (χ0) is 15.2. The van der Waals surface area contributed by atoms with E-state index in [-0.39, 0.29) is 5.91 Å². The molecule has 0 bridgehead atoms. The number of aromatic nitrogens is 3. The van der Waals surface area contributed by atoms with Gasteiger partial charge in [-0.1, -0.05) is 18.2 Å². The van der Waals surface area contributed by atoms with E-state index in [9.17, 15) is 4.79 Å². The minimum Gasteiger partial charge on any atom is -0.351 e. The SMILES string of the molecule is O=C(NCCCSc1ccccc1)c1cn2cccnc2n1. The number of amides is 1. The molecule has 112 valence electrons. The van der Waals surface area contributed by atoms with Crippen LogP contribution in [0, 0.1) is 0 Å². The van der Waals surface area contributed by atoms with E-state index in [1.165, 1.54) is 4.90 Å². The number of fused-ring (bicyclic) bond motifs is 1. The van der Waals surface area contributed by atoms with E-state index in [1.807, 2.05) is 24.4 Å². The van der Waals surface area contributed by atoms with Crippen LogP contribution < -0.4 is 5.32 Å². The molecule has 0 atom stereocenters. The van der Waals surface area contributed by atoms with Gasteiger partial charge in [-0.15, -0.1) is 11.8 Å². The number of carbonyl (C=O) groups excluding carboxylic acids is 1. The average Bonchev–Trinajstić information content (AvgIpc) is 2.99. The van der Waals surface area contributed by atoms with Crippen LogP contribution in [0.1, 0.15) is 16.9 Å². The van der Waals surface area contributed by atoms with E-state index in [0.29, 0.717) is 18.0 Å². The number of carbonyl (C=O) groups is 1. The Labute approximate surface area is 132 Å². The lowest BCUT2D eigenvalue weighted by atomic mass is 10.4. The topological polar surface area (TPSA) is 59.3 Å². The number of hydrogen-bond acceptors (Lipinski definition) is 4. The largest absolute Gasteiger partial charge is 0.351 e. The summed E-state index contributed by atoms with van der Waals surface area (Å²) in [5, 5.41) is 2.89. The Kier molecular flexibility index (Phi) is 4.70. The summed E-state index contributed by atoms with van der Waals surface area (Å²) in [6, 6.07) is 12.0. The zero-order valence-electron chi connectivity index (χ0n) is 12.0. The lowest BCUT2D eigenvalue weighted by molar-refractivity contribution is 0.0949. The third-order valence-corrected chi connectivity index (χ3v) is 4.19. The lowest BCUT2D eigenvalue weighted by Crippen LogP contribution is -2.25. The smallest absolute Gasteiger partial charge is 0.271 e. The molecule has 0 fully saturated rings. The van der Waals surface area contributed by atoms with Gasteiger partial charge < -0.3 is 5.32 Å². The summed E-state index contributed by atoms with van der Waals surface area (Å²) >= 11 is 1.79. The van der Waals surface area contributed by atoms with Gasteiger partial charge in [0.05, 0.1) is 0 Å². The van der Waals surface area contributed by atoms with Crippen molar-refractivity contribution in [3.63, 3.8) is 0 Å². The van der Waals surface area contributed by atoms with Crippen molar-refractivity contribution < 1.29 is 4.79 Å². The van der Waals surface area contributed by atoms with Crippen LogP contribution >= 0.6 is 11.8 Å². The second kappa shape index (κ2) is 7.09. The van der Waals surface area contributed by atoms with Crippen LogP contribution in [0.3, 0.4) is 0 Å². The van der Waals surface area contributed by atoms with Crippen LogP contribution in [0.5, 0.6) is 0 Å². The van der Waals surface area contributed by atoms with Gasteiger partial charge in [-0.25, -0.2) is 9.97 Å². The molecule has 2 heterocycles. The predicted molar refractivity (Wildman–Crippen MR) is 87.1 cm³/mol. The molecular formula is C16H16N4OS. The number of rotatable bonds is 6. The van der Waals surface area contributed by atoms with Gasteiger partial charge in [0.2, 0.25) is 5.78 Å². The number of thioether (sulfide) groups is 1. The maximum atomic E-state index is 12.0. The van der Waals surface area contributed by atoms with Crippen LogP contribution in [-0.2, 0) is 0 Å². The van der Waals surface area contributed by atoms with Crippen molar-refractivity contribution >= 4 is 23.4 Å². The fourth-order valence-corrected chi connectivity index (χ4v) is 2.88. The molecule has 0 saturated heterocycles. The van der Waals surface area contributed by atoms with Gasteiger partial charge in [-0.3, -0.25) is 9.20 Å². The van der Waals surface area contributed by atoms with Crippen molar-refractivity contribution in [1.29, 1.82) is 0 Å². The summed E-state index contributed by atoms with van der Waals surface area (Å²) < 4.78 is 1.74. The molecule has 6 heteroatoms. The highest BCUT2D eigenvalue weighted by atomic mass is 32.2. The Hall–Kier alpha value is -2.34. The van der Waals surface area contributed by atoms with Gasteiger partial charge in [0.15, 0.2) is 0 Å². The standard InChI is InChI=1S/C16H16N4OS/c21-15(14-12-20-10-4-8-18-16(20)19-14)17-9-5-11-22-13-6-2-1-3-7-13/h1-4,6-8,10,12H,5,9,11H2,(H,17,21). The van der Waals surface area contributed by atoms with E-state index in [2.05, 4.69) is 27.4 Å². The molecule has 5 nitrogen and oxygen atoms in total. The molecule has 1 N–H and O–H groups in total. The Bertz CT molecular complexity index is 724. The van der Waals surface area contributed by atoms with Crippen LogP contribution in [0.2, 0.25) is 0 Å². The Morgan fingerprint density at radius 2 is 2.09 bits per heavy atom. The summed E-state index contributed by atoms with van der Waals surface area (Å²) in [7, 11) is 0. The van der Waals surface area contributed by atoms with Crippen LogP contribution in [-0.4, -0.2) is 32.6 Å².